The molecule has 0 amide bonds. The van der Waals surface area contributed by atoms with Crippen molar-refractivity contribution in [2.45, 2.75) is 38.3 Å². The van der Waals surface area contributed by atoms with Gasteiger partial charge in [-0.05, 0) is 57.5 Å². The summed E-state index contributed by atoms with van der Waals surface area (Å²) in [4.78, 5) is 2.53. The second-order valence-electron chi connectivity index (χ2n) is 5.71. The second kappa shape index (κ2) is 8.74. The Balaban J connectivity index is 1.85. The minimum atomic E-state index is 0.358. The van der Waals surface area contributed by atoms with E-state index in [1.54, 1.807) is 0 Å². The van der Waals surface area contributed by atoms with Gasteiger partial charge in [-0.15, -0.1) is 0 Å². The number of benzene rings is 1. The minimum Gasteiger partial charge on any atom is -0.377 e. The molecule has 1 aromatic carbocycles. The maximum Gasteiger partial charge on any atom is 0.0702 e. The van der Waals surface area contributed by atoms with Crippen LogP contribution in [0.4, 0.5) is 0 Å². The van der Waals surface area contributed by atoms with Crippen molar-refractivity contribution in [3.8, 4) is 0 Å². The number of hydrogen-bond acceptors (Lipinski definition) is 3. The molecule has 0 aromatic heterocycles. The van der Waals surface area contributed by atoms with Crippen LogP contribution in [0.15, 0.2) is 24.3 Å². The first-order valence-corrected chi connectivity index (χ1v) is 8.37. The van der Waals surface area contributed by atoms with Gasteiger partial charge >= 0.3 is 0 Å². The molecule has 1 fully saturated rings. The molecule has 0 bridgehead atoms. The number of hydrogen-bond donors (Lipinski definition) is 1. The van der Waals surface area contributed by atoms with E-state index < -0.39 is 0 Å². The van der Waals surface area contributed by atoms with E-state index in [9.17, 15) is 0 Å². The molecule has 3 nitrogen and oxygen atoms in total. The maximum absolute atomic E-state index is 6.09. The van der Waals surface area contributed by atoms with Crippen LogP contribution in [0.5, 0.6) is 0 Å². The van der Waals surface area contributed by atoms with Gasteiger partial charge in [-0.2, -0.15) is 0 Å². The van der Waals surface area contributed by atoms with E-state index in [4.69, 9.17) is 16.3 Å². The summed E-state index contributed by atoms with van der Waals surface area (Å²) >= 11 is 6.09. The molecule has 1 aliphatic rings. The smallest absolute Gasteiger partial charge is 0.0702 e. The highest BCUT2D eigenvalue weighted by Gasteiger charge is 2.20. The third-order valence-electron chi connectivity index (χ3n) is 4.20. The minimum absolute atomic E-state index is 0.358. The standard InChI is InChI=1S/C17H27ClN2O/c1-3-21-16-8-5-10-20(13-16)11-9-17(19-2)14-6-4-7-15(18)12-14/h4,6-7,12,16-17,19H,3,5,8-11,13H2,1-2H3. The number of piperidine rings is 1. The molecule has 1 N–H and O–H groups in total. The summed E-state index contributed by atoms with van der Waals surface area (Å²) in [6.45, 7) is 6.26. The monoisotopic (exact) mass is 310 g/mol. The van der Waals surface area contributed by atoms with Gasteiger partial charge in [0.05, 0.1) is 6.10 Å². The Morgan fingerprint density at radius 3 is 3.05 bits per heavy atom. The summed E-state index contributed by atoms with van der Waals surface area (Å²) < 4.78 is 5.77. The first-order chi connectivity index (χ1) is 10.2. The molecule has 1 aliphatic heterocycles. The van der Waals surface area contributed by atoms with Crippen LogP contribution in [-0.2, 0) is 4.74 Å². The Bertz CT molecular complexity index is 425. The normalized spacial score (nSPS) is 21.4. The molecule has 1 aromatic rings. The van der Waals surface area contributed by atoms with Crippen molar-refractivity contribution in [1.82, 2.24) is 10.2 Å². The highest BCUT2D eigenvalue weighted by atomic mass is 35.5. The van der Waals surface area contributed by atoms with E-state index in [2.05, 4.69) is 29.3 Å². The van der Waals surface area contributed by atoms with Crippen molar-refractivity contribution in [3.05, 3.63) is 34.9 Å². The molecule has 118 valence electrons. The quantitative estimate of drug-likeness (QED) is 0.834. The van der Waals surface area contributed by atoms with Crippen LogP contribution in [0, 0.1) is 0 Å². The van der Waals surface area contributed by atoms with Gasteiger partial charge in [-0.1, -0.05) is 23.7 Å². The van der Waals surface area contributed by atoms with Gasteiger partial charge in [-0.25, -0.2) is 0 Å². The number of nitrogens with zero attached hydrogens (tertiary/aromatic N) is 1. The van der Waals surface area contributed by atoms with Crippen LogP contribution in [0.1, 0.15) is 37.8 Å². The lowest BCUT2D eigenvalue weighted by Gasteiger charge is -2.33. The van der Waals surface area contributed by atoms with Gasteiger partial charge < -0.3 is 15.0 Å². The lowest BCUT2D eigenvalue weighted by atomic mass is 10.0. The largest absolute Gasteiger partial charge is 0.377 e. The van der Waals surface area contributed by atoms with Gasteiger partial charge in [0, 0.05) is 30.8 Å². The van der Waals surface area contributed by atoms with E-state index in [1.165, 1.54) is 24.9 Å². The molecule has 0 radical (unpaired) electrons. The molecule has 1 saturated heterocycles. The molecule has 0 spiro atoms. The fourth-order valence-corrected chi connectivity index (χ4v) is 3.30. The summed E-state index contributed by atoms with van der Waals surface area (Å²) in [5, 5.41) is 4.21. The van der Waals surface area contributed by atoms with Crippen LogP contribution >= 0.6 is 11.6 Å². The van der Waals surface area contributed by atoms with Crippen molar-refractivity contribution >= 4 is 11.6 Å². The molecular formula is C17H27ClN2O. The summed E-state index contributed by atoms with van der Waals surface area (Å²) in [6, 6.07) is 8.51. The molecular weight excluding hydrogens is 284 g/mol. The predicted octanol–water partition coefficient (Wildman–Crippen LogP) is 3.49. The zero-order valence-electron chi connectivity index (χ0n) is 13.1. The van der Waals surface area contributed by atoms with E-state index in [-0.39, 0.29) is 0 Å². The van der Waals surface area contributed by atoms with Gasteiger partial charge in [0.2, 0.25) is 0 Å². The Morgan fingerprint density at radius 2 is 2.33 bits per heavy atom. The topological polar surface area (TPSA) is 24.5 Å². The van der Waals surface area contributed by atoms with Crippen molar-refractivity contribution in [3.63, 3.8) is 0 Å². The van der Waals surface area contributed by atoms with Crippen LogP contribution in [-0.4, -0.2) is 44.3 Å². The van der Waals surface area contributed by atoms with Crippen LogP contribution in [0.25, 0.3) is 0 Å². The Kier molecular flexibility index (Phi) is 6.97. The summed E-state index contributed by atoms with van der Waals surface area (Å²) in [5.41, 5.74) is 1.27. The van der Waals surface area contributed by atoms with Crippen molar-refractivity contribution in [2.24, 2.45) is 0 Å². The third-order valence-corrected chi connectivity index (χ3v) is 4.43. The van der Waals surface area contributed by atoms with Gasteiger partial charge in [0.1, 0.15) is 0 Å². The average Bonchev–Trinajstić information content (AvgIpc) is 2.49. The second-order valence-corrected chi connectivity index (χ2v) is 6.14. The van der Waals surface area contributed by atoms with Gasteiger partial charge in [0.15, 0.2) is 0 Å². The Labute approximate surface area is 133 Å². The molecule has 2 rings (SSSR count). The average molecular weight is 311 g/mol. The highest BCUT2D eigenvalue weighted by Crippen LogP contribution is 2.21. The Morgan fingerprint density at radius 1 is 1.48 bits per heavy atom. The lowest BCUT2D eigenvalue weighted by molar-refractivity contribution is 0.00510. The SMILES string of the molecule is CCOC1CCCN(CCC(NC)c2cccc(Cl)c2)C1. The van der Waals surface area contributed by atoms with Crippen molar-refractivity contribution < 1.29 is 4.74 Å². The zero-order valence-corrected chi connectivity index (χ0v) is 13.9. The molecule has 2 atom stereocenters. The zero-order chi connectivity index (χ0) is 15.1. The Hall–Kier alpha value is -0.610. The fraction of sp³-hybridized carbons (Fsp3) is 0.647. The molecule has 4 heteroatoms. The summed E-state index contributed by atoms with van der Waals surface area (Å²) in [6.07, 6.45) is 3.96. The fourth-order valence-electron chi connectivity index (χ4n) is 3.10. The number of ether oxygens (including phenoxy) is 1. The number of rotatable bonds is 7. The summed E-state index contributed by atoms with van der Waals surface area (Å²) in [7, 11) is 2.02. The van der Waals surface area contributed by atoms with Crippen LogP contribution in [0.2, 0.25) is 5.02 Å². The molecule has 21 heavy (non-hydrogen) atoms. The van der Waals surface area contributed by atoms with Crippen LogP contribution < -0.4 is 5.32 Å². The van der Waals surface area contributed by atoms with Crippen molar-refractivity contribution in [2.75, 3.05) is 33.3 Å². The van der Waals surface area contributed by atoms with Gasteiger partial charge in [-0.3, -0.25) is 0 Å². The maximum atomic E-state index is 6.09. The lowest BCUT2D eigenvalue weighted by Crippen LogP contribution is -2.41. The number of likely N-dealkylation sites (tertiary alicyclic amines) is 1. The predicted molar refractivity (Wildman–Crippen MR) is 89.0 cm³/mol. The van der Waals surface area contributed by atoms with Crippen LogP contribution in [0.3, 0.4) is 0 Å². The van der Waals surface area contributed by atoms with E-state index >= 15 is 0 Å². The third kappa shape index (κ3) is 5.26. The molecule has 0 aliphatic carbocycles. The molecule has 2 unspecified atom stereocenters. The van der Waals surface area contributed by atoms with E-state index in [1.807, 2.05) is 19.2 Å². The highest BCUT2D eigenvalue weighted by molar-refractivity contribution is 6.30. The first kappa shape index (κ1) is 16.8. The number of nitrogens with one attached hydrogen (secondary N) is 1. The number of halogens is 1. The van der Waals surface area contributed by atoms with E-state index in [0.717, 1.165) is 31.1 Å². The summed E-state index contributed by atoms with van der Waals surface area (Å²) in [5.74, 6) is 0. The first-order valence-electron chi connectivity index (χ1n) is 7.99. The van der Waals surface area contributed by atoms with Crippen molar-refractivity contribution in [1.29, 1.82) is 0 Å². The molecule has 1 heterocycles. The van der Waals surface area contributed by atoms with E-state index in [0.29, 0.717) is 12.1 Å². The molecule has 0 saturated carbocycles. The van der Waals surface area contributed by atoms with Gasteiger partial charge in [0.25, 0.3) is 0 Å².